The average Bonchev–Trinajstić information content (AvgIpc) is 2.39. The molecule has 0 saturated heterocycles. The lowest BCUT2D eigenvalue weighted by molar-refractivity contribution is -0.117. The molecule has 1 atom stereocenters. The Morgan fingerprint density at radius 2 is 2.00 bits per heavy atom. The fraction of sp³-hybridized carbons (Fsp3) is 0.429. The molecule has 0 aliphatic carbocycles. The summed E-state index contributed by atoms with van der Waals surface area (Å²) in [5, 5.41) is 5.49. The van der Waals surface area contributed by atoms with Crippen molar-refractivity contribution in [3.8, 4) is 0 Å². The molecule has 0 aliphatic heterocycles. The molecule has 0 unspecified atom stereocenters. The van der Waals surface area contributed by atoms with Crippen molar-refractivity contribution in [3.63, 3.8) is 0 Å². The van der Waals surface area contributed by atoms with Crippen molar-refractivity contribution in [1.82, 2.24) is 0 Å². The molecule has 1 aromatic rings. The molecule has 0 saturated carbocycles. The van der Waals surface area contributed by atoms with Gasteiger partial charge in [-0.05, 0) is 43.0 Å². The Bertz CT molecular complexity index is 497. The molecule has 0 spiro atoms. The molecule has 7 heteroatoms. The first-order valence-corrected chi connectivity index (χ1v) is 7.77. The summed E-state index contributed by atoms with van der Waals surface area (Å²) in [5.41, 5.74) is 8.06. The fourth-order valence-electron chi connectivity index (χ4n) is 1.63. The topological polar surface area (TPSA) is 84.2 Å². The van der Waals surface area contributed by atoms with Gasteiger partial charge in [0, 0.05) is 18.3 Å². The largest absolute Gasteiger partial charge is 0.326 e. The number of benzene rings is 1. The number of carbonyl (C=O) groups is 2. The van der Waals surface area contributed by atoms with Gasteiger partial charge in [-0.25, -0.2) is 0 Å². The van der Waals surface area contributed by atoms with Crippen LogP contribution < -0.4 is 16.4 Å². The second kappa shape index (κ2) is 9.65. The monoisotopic (exact) mass is 331 g/mol. The maximum atomic E-state index is 11.9. The quantitative estimate of drug-likeness (QED) is 0.747. The number of carbonyl (C=O) groups excluding carboxylic acids is 2. The minimum Gasteiger partial charge on any atom is -0.326 e. The van der Waals surface area contributed by atoms with Crippen LogP contribution in [0.3, 0.4) is 0 Å². The smallest absolute Gasteiger partial charge is 0.241 e. The summed E-state index contributed by atoms with van der Waals surface area (Å²) in [5.74, 6) is 0.490. The number of hydrogen-bond donors (Lipinski definition) is 3. The van der Waals surface area contributed by atoms with Crippen molar-refractivity contribution in [3.05, 3.63) is 23.8 Å². The minimum atomic E-state index is -0.520. The van der Waals surface area contributed by atoms with E-state index < -0.39 is 6.04 Å². The second-order valence-corrected chi connectivity index (χ2v) is 5.57. The van der Waals surface area contributed by atoms with Crippen LogP contribution in [-0.2, 0) is 9.59 Å². The molecule has 0 bridgehead atoms. The van der Waals surface area contributed by atoms with Crippen LogP contribution in [0.5, 0.6) is 0 Å². The molecular weight excluding hydrogens is 310 g/mol. The first kappa shape index (κ1) is 19.8. The van der Waals surface area contributed by atoms with Crippen LogP contribution in [0.2, 0.25) is 0 Å². The predicted molar refractivity (Wildman–Crippen MR) is 92.3 cm³/mol. The van der Waals surface area contributed by atoms with Crippen molar-refractivity contribution in [2.75, 3.05) is 22.6 Å². The highest BCUT2D eigenvalue weighted by Gasteiger charge is 2.13. The van der Waals surface area contributed by atoms with E-state index in [9.17, 15) is 9.59 Å². The molecule has 0 heterocycles. The first-order valence-electron chi connectivity index (χ1n) is 6.37. The van der Waals surface area contributed by atoms with Crippen LogP contribution >= 0.6 is 24.2 Å². The van der Waals surface area contributed by atoms with E-state index >= 15 is 0 Å². The molecule has 0 aliphatic rings. The summed E-state index contributed by atoms with van der Waals surface area (Å²) in [7, 11) is 0. The van der Waals surface area contributed by atoms with E-state index in [2.05, 4.69) is 10.6 Å². The van der Waals surface area contributed by atoms with Gasteiger partial charge < -0.3 is 16.4 Å². The molecule has 118 valence electrons. The van der Waals surface area contributed by atoms with Crippen LogP contribution in [0.25, 0.3) is 0 Å². The van der Waals surface area contributed by atoms with Gasteiger partial charge in [0.05, 0.1) is 6.04 Å². The molecule has 0 radical (unpaired) electrons. The SMILES string of the molecule is CSCC[C@H](N)C(=O)Nc1ccc(C)c(NC(C)=O)c1.Cl. The van der Waals surface area contributed by atoms with Gasteiger partial charge in [-0.1, -0.05) is 6.07 Å². The average molecular weight is 332 g/mol. The molecule has 0 aromatic heterocycles. The summed E-state index contributed by atoms with van der Waals surface area (Å²) >= 11 is 1.66. The molecule has 2 amide bonds. The predicted octanol–water partition coefficient (Wildman–Crippen LogP) is 2.39. The lowest BCUT2D eigenvalue weighted by Gasteiger charge is -2.13. The Hall–Kier alpha value is -1.24. The molecule has 5 nitrogen and oxygen atoms in total. The van der Waals surface area contributed by atoms with Gasteiger partial charge in [-0.3, -0.25) is 9.59 Å². The first-order chi connectivity index (χ1) is 9.43. The summed E-state index contributed by atoms with van der Waals surface area (Å²) < 4.78 is 0. The van der Waals surface area contributed by atoms with E-state index in [4.69, 9.17) is 5.73 Å². The number of nitrogens with one attached hydrogen (secondary N) is 2. The van der Waals surface area contributed by atoms with Crippen molar-refractivity contribution in [1.29, 1.82) is 0 Å². The van der Waals surface area contributed by atoms with Gasteiger partial charge in [0.25, 0.3) is 0 Å². The van der Waals surface area contributed by atoms with Crippen LogP contribution in [-0.4, -0.2) is 29.9 Å². The van der Waals surface area contributed by atoms with Crippen molar-refractivity contribution in [2.45, 2.75) is 26.3 Å². The van der Waals surface area contributed by atoms with E-state index in [1.807, 2.05) is 19.2 Å². The van der Waals surface area contributed by atoms with Gasteiger partial charge in [0.2, 0.25) is 11.8 Å². The van der Waals surface area contributed by atoms with Gasteiger partial charge in [-0.15, -0.1) is 12.4 Å². The molecule has 4 N–H and O–H groups in total. The number of rotatable bonds is 6. The van der Waals surface area contributed by atoms with Gasteiger partial charge in [-0.2, -0.15) is 11.8 Å². The Balaban J connectivity index is 0.00000400. The Labute approximate surface area is 135 Å². The maximum Gasteiger partial charge on any atom is 0.241 e. The molecule has 1 rings (SSSR count). The zero-order chi connectivity index (χ0) is 15.1. The van der Waals surface area contributed by atoms with E-state index in [1.165, 1.54) is 6.92 Å². The standard InChI is InChI=1S/C14H21N3O2S.ClH/c1-9-4-5-11(8-13(9)16-10(2)18)17-14(19)12(15)6-7-20-3;/h4-5,8,12H,6-7,15H2,1-3H3,(H,16,18)(H,17,19);1H/t12-;/m0./s1. The summed E-state index contributed by atoms with van der Waals surface area (Å²) in [6.45, 7) is 3.34. The third-order valence-electron chi connectivity index (χ3n) is 2.79. The number of amides is 2. The highest BCUT2D eigenvalue weighted by atomic mass is 35.5. The second-order valence-electron chi connectivity index (χ2n) is 4.59. The third kappa shape index (κ3) is 6.84. The van der Waals surface area contributed by atoms with E-state index in [1.54, 1.807) is 23.9 Å². The van der Waals surface area contributed by atoms with Gasteiger partial charge >= 0.3 is 0 Å². The maximum absolute atomic E-state index is 11.9. The molecule has 1 aromatic carbocycles. The number of anilines is 2. The lowest BCUT2D eigenvalue weighted by atomic mass is 10.1. The van der Waals surface area contributed by atoms with Crippen LogP contribution in [0, 0.1) is 6.92 Å². The zero-order valence-corrected chi connectivity index (χ0v) is 14.1. The Morgan fingerprint density at radius 3 is 2.57 bits per heavy atom. The molecular formula is C14H22ClN3O2S. The van der Waals surface area contributed by atoms with Crippen molar-refractivity contribution in [2.24, 2.45) is 5.73 Å². The highest BCUT2D eigenvalue weighted by Crippen LogP contribution is 2.20. The summed E-state index contributed by atoms with van der Waals surface area (Å²) in [4.78, 5) is 23.0. The van der Waals surface area contributed by atoms with E-state index in [0.717, 1.165) is 11.3 Å². The van der Waals surface area contributed by atoms with Crippen molar-refractivity contribution < 1.29 is 9.59 Å². The van der Waals surface area contributed by atoms with Crippen LogP contribution in [0.4, 0.5) is 11.4 Å². The minimum absolute atomic E-state index is 0. The molecule has 21 heavy (non-hydrogen) atoms. The lowest BCUT2D eigenvalue weighted by Crippen LogP contribution is -2.36. The number of thioether (sulfide) groups is 1. The fourth-order valence-corrected chi connectivity index (χ4v) is 2.12. The van der Waals surface area contributed by atoms with Crippen LogP contribution in [0.15, 0.2) is 18.2 Å². The number of nitrogens with two attached hydrogens (primary N) is 1. The number of aryl methyl sites for hydroxylation is 1. The van der Waals surface area contributed by atoms with Gasteiger partial charge in [0.15, 0.2) is 0 Å². The van der Waals surface area contributed by atoms with E-state index in [-0.39, 0.29) is 24.2 Å². The highest BCUT2D eigenvalue weighted by molar-refractivity contribution is 7.98. The van der Waals surface area contributed by atoms with Crippen LogP contribution in [0.1, 0.15) is 18.9 Å². The normalized spacial score (nSPS) is 11.2. The summed E-state index contributed by atoms with van der Waals surface area (Å²) in [6, 6.07) is 4.84. The Morgan fingerprint density at radius 1 is 1.33 bits per heavy atom. The van der Waals surface area contributed by atoms with E-state index in [0.29, 0.717) is 17.8 Å². The third-order valence-corrected chi connectivity index (χ3v) is 3.43. The van der Waals surface area contributed by atoms with Crippen molar-refractivity contribution >= 4 is 47.4 Å². The Kier molecular flexibility index (Phi) is 9.08. The zero-order valence-electron chi connectivity index (χ0n) is 12.4. The number of hydrogen-bond acceptors (Lipinski definition) is 4. The van der Waals surface area contributed by atoms with Gasteiger partial charge in [0.1, 0.15) is 0 Å². The molecule has 0 fully saturated rings. The summed E-state index contributed by atoms with van der Waals surface area (Å²) in [6.07, 6.45) is 2.61. The number of halogens is 1.